The molecule has 5 aliphatic rings. The van der Waals surface area contributed by atoms with Gasteiger partial charge in [0.2, 0.25) is 0 Å². The van der Waals surface area contributed by atoms with Crippen molar-refractivity contribution in [3.63, 3.8) is 0 Å². The predicted molar refractivity (Wildman–Crippen MR) is 112 cm³/mol. The van der Waals surface area contributed by atoms with Crippen LogP contribution in [0.4, 0.5) is 0 Å². The molecule has 0 spiro atoms. The highest BCUT2D eigenvalue weighted by molar-refractivity contribution is 5.19. The summed E-state index contributed by atoms with van der Waals surface area (Å²) in [5.74, 6) is 2.06. The van der Waals surface area contributed by atoms with E-state index in [1.807, 2.05) is 0 Å². The topological polar surface area (TPSA) is 58.9 Å². The Hall–Kier alpha value is -0.420. The molecule has 1 unspecified atom stereocenters. The van der Waals surface area contributed by atoms with Gasteiger partial charge >= 0.3 is 0 Å². The molecule has 5 rings (SSSR count). The number of hydrogen-bond acceptors (Lipinski definition) is 4. The van der Waals surface area contributed by atoms with Crippen LogP contribution in [0.5, 0.6) is 0 Å². The van der Waals surface area contributed by atoms with E-state index in [1.54, 1.807) is 0 Å². The van der Waals surface area contributed by atoms with Crippen molar-refractivity contribution in [3.05, 3.63) is 12.2 Å². The average Bonchev–Trinajstić information content (AvgIpc) is 3.30. The zero-order valence-corrected chi connectivity index (χ0v) is 18.5. The van der Waals surface area contributed by atoms with Crippen molar-refractivity contribution in [1.29, 1.82) is 0 Å². The summed E-state index contributed by atoms with van der Waals surface area (Å²) >= 11 is 0. The van der Waals surface area contributed by atoms with Crippen LogP contribution in [-0.4, -0.2) is 41.4 Å². The molecule has 0 radical (unpaired) electrons. The number of aliphatic hydroxyl groups excluding tert-OH is 1. The van der Waals surface area contributed by atoms with Crippen LogP contribution in [0, 0.1) is 40.4 Å². The van der Waals surface area contributed by atoms with E-state index in [1.165, 1.54) is 6.42 Å². The molecule has 4 saturated carbocycles. The summed E-state index contributed by atoms with van der Waals surface area (Å²) in [7, 11) is 0. The van der Waals surface area contributed by atoms with Gasteiger partial charge in [-0.05, 0) is 87.4 Å². The van der Waals surface area contributed by atoms with Crippen LogP contribution in [0.15, 0.2) is 12.2 Å². The Labute approximate surface area is 176 Å². The van der Waals surface area contributed by atoms with Crippen LogP contribution in [0.3, 0.4) is 0 Å². The Balaban J connectivity index is 1.44. The van der Waals surface area contributed by atoms with E-state index in [0.717, 1.165) is 44.9 Å². The van der Waals surface area contributed by atoms with Crippen molar-refractivity contribution in [2.45, 2.75) is 90.1 Å². The quantitative estimate of drug-likeness (QED) is 0.674. The molecule has 0 aromatic rings. The Kier molecular flexibility index (Phi) is 4.98. The van der Waals surface area contributed by atoms with Gasteiger partial charge in [-0.15, -0.1) is 0 Å². The standard InChI is InChI=1S/C25H40O4/c1-4-5-16-8-11-25(27)20-7-6-17-14-21(26)18(22-28-12-13-29-22)15-23(17,2)19(20)9-10-24(16,25)3/h4-5,16-22,26-27H,6-15H2,1-3H3/t16-,17+,18?,19-,20+,21-,23-,24+,25-/m0/s1. The monoisotopic (exact) mass is 404 g/mol. The molecule has 1 heterocycles. The summed E-state index contributed by atoms with van der Waals surface area (Å²) in [6, 6.07) is 0. The van der Waals surface area contributed by atoms with E-state index in [4.69, 9.17) is 9.47 Å². The summed E-state index contributed by atoms with van der Waals surface area (Å²) in [6.45, 7) is 8.23. The van der Waals surface area contributed by atoms with Crippen LogP contribution in [0.2, 0.25) is 0 Å². The molecule has 5 fully saturated rings. The van der Waals surface area contributed by atoms with E-state index < -0.39 is 5.60 Å². The van der Waals surface area contributed by atoms with Crippen LogP contribution >= 0.6 is 0 Å². The minimum atomic E-state index is -0.542. The van der Waals surface area contributed by atoms with Crippen molar-refractivity contribution in [2.24, 2.45) is 40.4 Å². The molecule has 29 heavy (non-hydrogen) atoms. The Morgan fingerprint density at radius 2 is 1.72 bits per heavy atom. The van der Waals surface area contributed by atoms with Gasteiger partial charge in [-0.25, -0.2) is 0 Å². The Morgan fingerprint density at radius 3 is 2.45 bits per heavy atom. The summed E-state index contributed by atoms with van der Waals surface area (Å²) < 4.78 is 11.7. The highest BCUT2D eigenvalue weighted by atomic mass is 16.7. The molecule has 2 N–H and O–H groups in total. The number of fused-ring (bicyclic) bond motifs is 5. The Bertz CT molecular complexity index is 657. The fraction of sp³-hybridized carbons (Fsp3) is 0.920. The first-order valence-corrected chi connectivity index (χ1v) is 12.1. The molecule has 4 heteroatoms. The van der Waals surface area contributed by atoms with E-state index in [9.17, 15) is 10.2 Å². The zero-order chi connectivity index (χ0) is 20.4. The van der Waals surface area contributed by atoms with E-state index in [0.29, 0.717) is 36.9 Å². The second-order valence-electron chi connectivity index (χ2n) is 11.3. The SMILES string of the molecule is CC=C[C@H]1CC[C@]2(O)[C@@H]3CC[C@@H]4C[C@H](O)C(C5OCCO5)C[C@]4(C)[C@H]3CC[C@]12C. The molecule has 4 nitrogen and oxygen atoms in total. The van der Waals surface area contributed by atoms with Crippen molar-refractivity contribution >= 4 is 0 Å². The molecular weight excluding hydrogens is 364 g/mol. The fourth-order valence-corrected chi connectivity index (χ4v) is 8.80. The van der Waals surface area contributed by atoms with Crippen LogP contribution in [0.25, 0.3) is 0 Å². The van der Waals surface area contributed by atoms with Crippen molar-refractivity contribution in [1.82, 2.24) is 0 Å². The first-order valence-electron chi connectivity index (χ1n) is 12.1. The Morgan fingerprint density at radius 1 is 0.966 bits per heavy atom. The molecule has 0 aromatic heterocycles. The van der Waals surface area contributed by atoms with Gasteiger partial charge in [-0.1, -0.05) is 26.0 Å². The summed E-state index contributed by atoms with van der Waals surface area (Å²) in [4.78, 5) is 0. The second kappa shape index (κ2) is 7.05. The number of allylic oxidation sites excluding steroid dienone is 2. The molecular formula is C25H40O4. The minimum absolute atomic E-state index is 0.00906. The van der Waals surface area contributed by atoms with Gasteiger partial charge in [0.25, 0.3) is 0 Å². The average molecular weight is 405 g/mol. The molecule has 1 aliphatic heterocycles. The maximum Gasteiger partial charge on any atom is 0.163 e. The maximum atomic E-state index is 12.2. The number of hydrogen-bond donors (Lipinski definition) is 2. The lowest BCUT2D eigenvalue weighted by molar-refractivity contribution is -0.227. The molecule has 4 aliphatic carbocycles. The smallest absolute Gasteiger partial charge is 0.163 e. The third-order valence-corrected chi connectivity index (χ3v) is 10.4. The molecule has 1 saturated heterocycles. The lowest BCUT2D eigenvalue weighted by Gasteiger charge is -2.64. The van der Waals surface area contributed by atoms with Gasteiger partial charge in [0, 0.05) is 11.3 Å². The normalized spacial score (nSPS) is 55.6. The third kappa shape index (κ3) is 2.78. The van der Waals surface area contributed by atoms with Crippen LogP contribution in [0.1, 0.15) is 72.1 Å². The van der Waals surface area contributed by atoms with Gasteiger partial charge < -0.3 is 19.7 Å². The number of rotatable bonds is 2. The molecule has 9 atom stereocenters. The summed E-state index contributed by atoms with van der Waals surface area (Å²) in [6.07, 6.45) is 12.4. The fourth-order valence-electron chi connectivity index (χ4n) is 8.80. The second-order valence-corrected chi connectivity index (χ2v) is 11.3. The molecule has 0 amide bonds. The van der Waals surface area contributed by atoms with Crippen LogP contribution in [-0.2, 0) is 9.47 Å². The maximum absolute atomic E-state index is 12.2. The highest BCUT2D eigenvalue weighted by Crippen LogP contribution is 2.69. The van der Waals surface area contributed by atoms with Gasteiger partial charge in [0.1, 0.15) is 0 Å². The zero-order valence-electron chi connectivity index (χ0n) is 18.5. The number of aliphatic hydroxyl groups is 2. The van der Waals surface area contributed by atoms with Crippen molar-refractivity contribution in [2.75, 3.05) is 13.2 Å². The third-order valence-electron chi connectivity index (χ3n) is 10.4. The summed E-state index contributed by atoms with van der Waals surface area (Å²) in [5.41, 5.74) is -0.368. The van der Waals surface area contributed by atoms with E-state index >= 15 is 0 Å². The highest BCUT2D eigenvalue weighted by Gasteiger charge is 2.67. The first-order chi connectivity index (χ1) is 13.8. The van der Waals surface area contributed by atoms with E-state index in [2.05, 4.69) is 32.9 Å². The van der Waals surface area contributed by atoms with Crippen LogP contribution < -0.4 is 0 Å². The van der Waals surface area contributed by atoms with Gasteiger partial charge in [0.15, 0.2) is 6.29 Å². The minimum Gasteiger partial charge on any atom is -0.393 e. The molecule has 0 bridgehead atoms. The first kappa shape index (κ1) is 20.5. The van der Waals surface area contributed by atoms with Crippen molar-refractivity contribution in [3.8, 4) is 0 Å². The molecule has 164 valence electrons. The largest absolute Gasteiger partial charge is 0.393 e. The van der Waals surface area contributed by atoms with Gasteiger partial charge in [-0.3, -0.25) is 0 Å². The number of ether oxygens (including phenoxy) is 2. The van der Waals surface area contributed by atoms with E-state index in [-0.39, 0.29) is 29.1 Å². The van der Waals surface area contributed by atoms with Gasteiger partial charge in [-0.2, -0.15) is 0 Å². The molecule has 0 aromatic carbocycles. The lowest BCUT2D eigenvalue weighted by Crippen LogP contribution is -2.63. The lowest BCUT2D eigenvalue weighted by atomic mass is 9.42. The van der Waals surface area contributed by atoms with Gasteiger partial charge in [0.05, 0.1) is 24.9 Å². The summed E-state index contributed by atoms with van der Waals surface area (Å²) in [5, 5.41) is 23.1. The predicted octanol–water partition coefficient (Wildman–Crippen LogP) is 4.30. The van der Waals surface area contributed by atoms with Crippen molar-refractivity contribution < 1.29 is 19.7 Å².